The van der Waals surface area contributed by atoms with E-state index in [-0.39, 0.29) is 0 Å². The standard InChI is InChI=1S/C17H16N2O/c1-2-8-16(9-3-1)20-17-10-6-7-15(13-17)14-18-19-11-4-5-12-19/h1-13,18H,14H2. The Morgan fingerprint density at radius 1 is 0.800 bits per heavy atom. The van der Waals surface area contributed by atoms with Gasteiger partial charge >= 0.3 is 0 Å². The van der Waals surface area contributed by atoms with Crippen molar-refractivity contribution < 1.29 is 4.74 Å². The molecule has 1 heterocycles. The van der Waals surface area contributed by atoms with Crippen molar-refractivity contribution in [2.75, 3.05) is 5.43 Å². The van der Waals surface area contributed by atoms with Crippen LogP contribution in [-0.2, 0) is 6.54 Å². The van der Waals surface area contributed by atoms with Crippen molar-refractivity contribution in [3.05, 3.63) is 84.7 Å². The van der Waals surface area contributed by atoms with Gasteiger partial charge in [-0.25, -0.2) is 0 Å². The second kappa shape index (κ2) is 5.97. The largest absolute Gasteiger partial charge is 0.457 e. The Morgan fingerprint density at radius 3 is 2.35 bits per heavy atom. The molecule has 0 fully saturated rings. The fourth-order valence-electron chi connectivity index (χ4n) is 1.97. The van der Waals surface area contributed by atoms with Gasteiger partial charge in [0.1, 0.15) is 11.5 Å². The molecule has 0 aliphatic rings. The highest BCUT2D eigenvalue weighted by Crippen LogP contribution is 2.21. The average Bonchev–Trinajstić information content (AvgIpc) is 3.00. The first-order valence-electron chi connectivity index (χ1n) is 6.59. The molecule has 3 aromatic rings. The number of nitrogens with zero attached hydrogens (tertiary/aromatic N) is 1. The number of hydrogen-bond acceptors (Lipinski definition) is 2. The van der Waals surface area contributed by atoms with Gasteiger partial charge in [0.15, 0.2) is 0 Å². The van der Waals surface area contributed by atoms with Gasteiger partial charge in [-0.1, -0.05) is 30.3 Å². The Morgan fingerprint density at radius 2 is 1.55 bits per heavy atom. The van der Waals surface area contributed by atoms with Gasteiger partial charge in [0.2, 0.25) is 0 Å². The van der Waals surface area contributed by atoms with E-state index >= 15 is 0 Å². The second-order valence-corrected chi connectivity index (χ2v) is 4.49. The summed E-state index contributed by atoms with van der Waals surface area (Å²) in [4.78, 5) is 0. The Bertz CT molecular complexity index is 648. The lowest BCUT2D eigenvalue weighted by Crippen LogP contribution is -2.11. The molecule has 100 valence electrons. The lowest BCUT2D eigenvalue weighted by molar-refractivity contribution is 0.482. The molecule has 0 saturated carbocycles. The fourth-order valence-corrected chi connectivity index (χ4v) is 1.97. The van der Waals surface area contributed by atoms with E-state index in [1.165, 1.54) is 5.56 Å². The third kappa shape index (κ3) is 3.20. The van der Waals surface area contributed by atoms with Crippen LogP contribution in [0.25, 0.3) is 0 Å². The van der Waals surface area contributed by atoms with Gasteiger partial charge in [0.05, 0.1) is 6.54 Å². The monoisotopic (exact) mass is 264 g/mol. The van der Waals surface area contributed by atoms with Gasteiger partial charge in [0, 0.05) is 12.4 Å². The van der Waals surface area contributed by atoms with Gasteiger partial charge in [-0.3, -0.25) is 4.68 Å². The summed E-state index contributed by atoms with van der Waals surface area (Å²) in [7, 11) is 0. The molecule has 20 heavy (non-hydrogen) atoms. The molecule has 0 spiro atoms. The van der Waals surface area contributed by atoms with Crippen molar-refractivity contribution in [2.45, 2.75) is 6.54 Å². The topological polar surface area (TPSA) is 26.2 Å². The SMILES string of the molecule is c1ccc(Oc2cccc(CNn3cccc3)c2)cc1. The number of hydrogen-bond donors (Lipinski definition) is 1. The van der Waals surface area contributed by atoms with E-state index in [1.54, 1.807) is 0 Å². The number of para-hydroxylation sites is 1. The first-order valence-corrected chi connectivity index (χ1v) is 6.59. The second-order valence-electron chi connectivity index (χ2n) is 4.49. The van der Waals surface area contributed by atoms with Crippen LogP contribution in [0.2, 0.25) is 0 Å². The van der Waals surface area contributed by atoms with Crippen molar-refractivity contribution in [3.63, 3.8) is 0 Å². The van der Waals surface area contributed by atoms with Crippen molar-refractivity contribution in [1.82, 2.24) is 4.68 Å². The molecule has 0 radical (unpaired) electrons. The summed E-state index contributed by atoms with van der Waals surface area (Å²) in [5, 5.41) is 0. The molecule has 3 nitrogen and oxygen atoms in total. The first-order chi connectivity index (χ1) is 9.90. The van der Waals surface area contributed by atoms with Crippen molar-refractivity contribution in [2.24, 2.45) is 0 Å². The lowest BCUT2D eigenvalue weighted by Gasteiger charge is -2.10. The summed E-state index contributed by atoms with van der Waals surface area (Å²) in [5.74, 6) is 1.70. The zero-order valence-corrected chi connectivity index (χ0v) is 11.1. The molecule has 3 rings (SSSR count). The zero-order chi connectivity index (χ0) is 13.6. The van der Waals surface area contributed by atoms with E-state index in [1.807, 2.05) is 77.7 Å². The Kier molecular flexibility index (Phi) is 3.69. The molecule has 3 heteroatoms. The van der Waals surface area contributed by atoms with Crippen LogP contribution in [0, 0.1) is 0 Å². The molecule has 0 atom stereocenters. The molecule has 2 aromatic carbocycles. The Hall–Kier alpha value is -2.68. The van der Waals surface area contributed by atoms with Crippen LogP contribution in [-0.4, -0.2) is 4.68 Å². The third-order valence-corrected chi connectivity index (χ3v) is 2.95. The maximum absolute atomic E-state index is 5.82. The van der Waals surface area contributed by atoms with Gasteiger partial charge in [-0.15, -0.1) is 0 Å². The third-order valence-electron chi connectivity index (χ3n) is 2.95. The molecular weight excluding hydrogens is 248 g/mol. The average molecular weight is 264 g/mol. The molecule has 0 bridgehead atoms. The quantitative estimate of drug-likeness (QED) is 0.753. The van der Waals surface area contributed by atoms with E-state index in [0.717, 1.165) is 18.0 Å². The summed E-state index contributed by atoms with van der Waals surface area (Å²) in [6.45, 7) is 0.751. The van der Waals surface area contributed by atoms with Gasteiger partial charge in [0.25, 0.3) is 0 Å². The summed E-state index contributed by atoms with van der Waals surface area (Å²) < 4.78 is 7.76. The molecule has 0 aliphatic heterocycles. The maximum atomic E-state index is 5.82. The number of benzene rings is 2. The summed E-state index contributed by atoms with van der Waals surface area (Å²) in [6.07, 6.45) is 3.95. The molecule has 1 N–H and O–H groups in total. The number of rotatable bonds is 5. The van der Waals surface area contributed by atoms with Crippen LogP contribution >= 0.6 is 0 Å². The number of ether oxygens (including phenoxy) is 1. The van der Waals surface area contributed by atoms with Crippen LogP contribution in [0.4, 0.5) is 0 Å². The molecule has 0 aliphatic carbocycles. The molecule has 0 amide bonds. The predicted molar refractivity (Wildman–Crippen MR) is 80.5 cm³/mol. The number of aromatic nitrogens is 1. The zero-order valence-electron chi connectivity index (χ0n) is 11.1. The highest BCUT2D eigenvalue weighted by Gasteiger charge is 1.99. The summed E-state index contributed by atoms with van der Waals surface area (Å²) in [6, 6.07) is 21.9. The molecule has 0 saturated heterocycles. The summed E-state index contributed by atoms with van der Waals surface area (Å²) in [5.41, 5.74) is 4.47. The van der Waals surface area contributed by atoms with Crippen molar-refractivity contribution in [3.8, 4) is 11.5 Å². The smallest absolute Gasteiger partial charge is 0.127 e. The van der Waals surface area contributed by atoms with E-state index in [4.69, 9.17) is 4.74 Å². The van der Waals surface area contributed by atoms with Gasteiger partial charge in [-0.05, 0) is 42.0 Å². The highest BCUT2D eigenvalue weighted by atomic mass is 16.5. The van der Waals surface area contributed by atoms with Crippen LogP contribution < -0.4 is 10.2 Å². The lowest BCUT2D eigenvalue weighted by atomic mass is 10.2. The fraction of sp³-hybridized carbons (Fsp3) is 0.0588. The van der Waals surface area contributed by atoms with Crippen LogP contribution in [0.5, 0.6) is 11.5 Å². The van der Waals surface area contributed by atoms with E-state index in [2.05, 4.69) is 11.5 Å². The normalized spacial score (nSPS) is 10.2. The minimum absolute atomic E-state index is 0.751. The highest BCUT2D eigenvalue weighted by molar-refractivity contribution is 5.34. The van der Waals surface area contributed by atoms with Crippen molar-refractivity contribution >= 4 is 0 Å². The maximum Gasteiger partial charge on any atom is 0.127 e. The molecular formula is C17H16N2O. The minimum atomic E-state index is 0.751. The number of nitrogens with one attached hydrogen (secondary N) is 1. The predicted octanol–water partition coefficient (Wildman–Crippen LogP) is 4.02. The van der Waals surface area contributed by atoms with Gasteiger partial charge in [-0.2, -0.15) is 0 Å². The van der Waals surface area contributed by atoms with Gasteiger partial charge < -0.3 is 10.2 Å². The van der Waals surface area contributed by atoms with E-state index in [9.17, 15) is 0 Å². The van der Waals surface area contributed by atoms with E-state index in [0.29, 0.717) is 0 Å². The van der Waals surface area contributed by atoms with Crippen LogP contribution in [0.3, 0.4) is 0 Å². The molecule has 1 aromatic heterocycles. The van der Waals surface area contributed by atoms with Crippen LogP contribution in [0.1, 0.15) is 5.56 Å². The summed E-state index contributed by atoms with van der Waals surface area (Å²) >= 11 is 0. The Labute approximate surface area is 118 Å². The first kappa shape index (κ1) is 12.4. The van der Waals surface area contributed by atoms with E-state index < -0.39 is 0 Å². The minimum Gasteiger partial charge on any atom is -0.457 e. The Balaban J connectivity index is 1.66. The van der Waals surface area contributed by atoms with Crippen molar-refractivity contribution in [1.29, 1.82) is 0 Å². The molecule has 0 unspecified atom stereocenters. The van der Waals surface area contributed by atoms with Crippen LogP contribution in [0.15, 0.2) is 79.1 Å².